The van der Waals surface area contributed by atoms with E-state index < -0.39 is 6.10 Å². The number of nitrogens with two attached hydrogens (primary N) is 1. The molecule has 15 heavy (non-hydrogen) atoms. The first-order chi connectivity index (χ1) is 6.93. The van der Waals surface area contributed by atoms with Gasteiger partial charge in [-0.3, -0.25) is 4.79 Å². The molecule has 4 nitrogen and oxygen atoms in total. The minimum atomic E-state index is -0.468. The second kappa shape index (κ2) is 4.94. The molecule has 0 aliphatic heterocycles. The van der Waals surface area contributed by atoms with Gasteiger partial charge in [-0.2, -0.15) is 0 Å². The summed E-state index contributed by atoms with van der Waals surface area (Å²) in [5, 5.41) is 12.2. The molecule has 4 N–H and O–H groups in total. The number of aliphatic hydroxyl groups excluding tert-OH is 1. The molecule has 0 radical (unpaired) electrons. The summed E-state index contributed by atoms with van der Waals surface area (Å²) < 4.78 is 0. The lowest BCUT2D eigenvalue weighted by molar-refractivity contribution is -0.123. The van der Waals surface area contributed by atoms with Gasteiger partial charge in [0.25, 0.3) is 0 Å². The second-order valence-electron chi connectivity index (χ2n) is 5.01. The number of nitrogens with one attached hydrogen (secondary N) is 1. The van der Waals surface area contributed by atoms with Gasteiger partial charge in [0.15, 0.2) is 0 Å². The van der Waals surface area contributed by atoms with Gasteiger partial charge in [0, 0.05) is 18.5 Å². The zero-order chi connectivity index (χ0) is 11.5. The number of aliphatic hydroxyl groups is 1. The first-order valence-electron chi connectivity index (χ1n) is 5.67. The van der Waals surface area contributed by atoms with Crippen molar-refractivity contribution in [3.05, 3.63) is 0 Å². The van der Waals surface area contributed by atoms with Crippen LogP contribution in [-0.2, 0) is 4.79 Å². The SMILES string of the molecule is CC(C)C(O)CNC(=O)CC1(N)CCC1. The third kappa shape index (κ3) is 3.80. The molecule has 0 saturated heterocycles. The van der Waals surface area contributed by atoms with E-state index in [4.69, 9.17) is 5.73 Å². The zero-order valence-corrected chi connectivity index (χ0v) is 9.62. The van der Waals surface area contributed by atoms with Gasteiger partial charge in [-0.25, -0.2) is 0 Å². The second-order valence-corrected chi connectivity index (χ2v) is 5.01. The average molecular weight is 214 g/mol. The third-order valence-corrected chi connectivity index (χ3v) is 3.14. The highest BCUT2D eigenvalue weighted by Crippen LogP contribution is 2.31. The molecule has 1 unspecified atom stereocenters. The fraction of sp³-hybridized carbons (Fsp3) is 0.909. The van der Waals surface area contributed by atoms with Crippen LogP contribution in [0.2, 0.25) is 0 Å². The molecule has 1 fully saturated rings. The van der Waals surface area contributed by atoms with Crippen molar-refractivity contribution in [2.45, 2.75) is 51.2 Å². The lowest BCUT2D eigenvalue weighted by Crippen LogP contribution is -2.50. The highest BCUT2D eigenvalue weighted by molar-refractivity contribution is 5.77. The van der Waals surface area contributed by atoms with E-state index in [0.29, 0.717) is 13.0 Å². The standard InChI is InChI=1S/C11H22N2O2/c1-8(2)9(14)7-13-10(15)6-11(12)4-3-5-11/h8-9,14H,3-7,12H2,1-2H3,(H,13,15). The van der Waals surface area contributed by atoms with Crippen LogP contribution in [0.1, 0.15) is 39.5 Å². The molecule has 0 spiro atoms. The highest BCUT2D eigenvalue weighted by atomic mass is 16.3. The Morgan fingerprint density at radius 1 is 1.53 bits per heavy atom. The number of carbonyl (C=O) groups excluding carboxylic acids is 1. The molecule has 88 valence electrons. The van der Waals surface area contributed by atoms with E-state index in [1.807, 2.05) is 13.8 Å². The number of amides is 1. The minimum absolute atomic E-state index is 0.0445. The van der Waals surface area contributed by atoms with Crippen molar-refractivity contribution in [3.8, 4) is 0 Å². The van der Waals surface area contributed by atoms with Gasteiger partial charge >= 0.3 is 0 Å². The molecular weight excluding hydrogens is 192 g/mol. The number of rotatable bonds is 5. The molecule has 0 heterocycles. The maximum absolute atomic E-state index is 11.5. The van der Waals surface area contributed by atoms with Crippen molar-refractivity contribution in [1.29, 1.82) is 0 Å². The lowest BCUT2D eigenvalue weighted by atomic mass is 9.75. The van der Waals surface area contributed by atoms with Crippen molar-refractivity contribution in [3.63, 3.8) is 0 Å². The highest BCUT2D eigenvalue weighted by Gasteiger charge is 2.34. The molecule has 0 bridgehead atoms. The van der Waals surface area contributed by atoms with Crippen LogP contribution in [0.3, 0.4) is 0 Å². The molecule has 1 aliphatic rings. The Labute approximate surface area is 91.2 Å². The molecule has 1 amide bonds. The summed E-state index contributed by atoms with van der Waals surface area (Å²) in [6, 6.07) is 0. The van der Waals surface area contributed by atoms with E-state index in [0.717, 1.165) is 19.3 Å². The van der Waals surface area contributed by atoms with Crippen molar-refractivity contribution in [2.24, 2.45) is 11.7 Å². The molecule has 1 saturated carbocycles. The van der Waals surface area contributed by atoms with Crippen LogP contribution in [0, 0.1) is 5.92 Å². The van der Waals surface area contributed by atoms with E-state index in [9.17, 15) is 9.90 Å². The summed E-state index contributed by atoms with van der Waals surface area (Å²) in [4.78, 5) is 11.5. The summed E-state index contributed by atoms with van der Waals surface area (Å²) in [6.45, 7) is 4.17. The zero-order valence-electron chi connectivity index (χ0n) is 9.62. The molecule has 0 aromatic carbocycles. The summed E-state index contributed by atoms with van der Waals surface area (Å²) >= 11 is 0. The van der Waals surface area contributed by atoms with Crippen molar-refractivity contribution >= 4 is 5.91 Å². The first kappa shape index (κ1) is 12.5. The van der Waals surface area contributed by atoms with Gasteiger partial charge in [0.05, 0.1) is 6.10 Å². The Morgan fingerprint density at radius 3 is 2.53 bits per heavy atom. The van der Waals surface area contributed by atoms with E-state index in [1.165, 1.54) is 0 Å². The van der Waals surface area contributed by atoms with Gasteiger partial charge in [0.1, 0.15) is 0 Å². The van der Waals surface area contributed by atoms with Crippen molar-refractivity contribution < 1.29 is 9.90 Å². The number of hydrogen-bond acceptors (Lipinski definition) is 3. The van der Waals surface area contributed by atoms with E-state index in [1.54, 1.807) is 0 Å². The van der Waals surface area contributed by atoms with Crippen LogP contribution in [0.25, 0.3) is 0 Å². The largest absolute Gasteiger partial charge is 0.391 e. The van der Waals surface area contributed by atoms with Crippen LogP contribution in [-0.4, -0.2) is 29.2 Å². The van der Waals surface area contributed by atoms with Crippen LogP contribution < -0.4 is 11.1 Å². The molecule has 0 aromatic rings. The maximum atomic E-state index is 11.5. The molecule has 1 rings (SSSR count). The minimum Gasteiger partial charge on any atom is -0.391 e. The summed E-state index contributed by atoms with van der Waals surface area (Å²) in [5.74, 6) is 0.123. The number of carbonyl (C=O) groups is 1. The maximum Gasteiger partial charge on any atom is 0.221 e. The lowest BCUT2D eigenvalue weighted by Gasteiger charge is -2.37. The summed E-state index contributed by atoms with van der Waals surface area (Å²) in [7, 11) is 0. The monoisotopic (exact) mass is 214 g/mol. The average Bonchev–Trinajstić information content (AvgIpc) is 2.11. The molecule has 4 heteroatoms. The van der Waals surface area contributed by atoms with Crippen LogP contribution >= 0.6 is 0 Å². The van der Waals surface area contributed by atoms with Gasteiger partial charge < -0.3 is 16.2 Å². The normalized spacial score (nSPS) is 20.9. The predicted molar refractivity (Wildman–Crippen MR) is 59.2 cm³/mol. The summed E-state index contributed by atoms with van der Waals surface area (Å²) in [6.07, 6.45) is 2.92. The van der Waals surface area contributed by atoms with Crippen LogP contribution in [0.4, 0.5) is 0 Å². The van der Waals surface area contributed by atoms with Crippen molar-refractivity contribution in [2.75, 3.05) is 6.54 Å². The Morgan fingerprint density at radius 2 is 2.13 bits per heavy atom. The molecular formula is C11H22N2O2. The Bertz CT molecular complexity index is 225. The fourth-order valence-corrected chi connectivity index (χ4v) is 1.64. The van der Waals surface area contributed by atoms with Gasteiger partial charge in [-0.15, -0.1) is 0 Å². The van der Waals surface area contributed by atoms with Crippen LogP contribution in [0.5, 0.6) is 0 Å². The predicted octanol–water partition coefficient (Wildman–Crippen LogP) is 0.391. The van der Waals surface area contributed by atoms with Crippen LogP contribution in [0.15, 0.2) is 0 Å². The Balaban J connectivity index is 2.19. The fourth-order valence-electron chi connectivity index (χ4n) is 1.64. The Kier molecular flexibility index (Phi) is 4.11. The molecule has 1 atom stereocenters. The van der Waals surface area contributed by atoms with E-state index in [-0.39, 0.29) is 17.4 Å². The van der Waals surface area contributed by atoms with E-state index in [2.05, 4.69) is 5.32 Å². The smallest absolute Gasteiger partial charge is 0.221 e. The summed E-state index contributed by atoms with van der Waals surface area (Å²) in [5.41, 5.74) is 5.68. The topological polar surface area (TPSA) is 75.3 Å². The Hall–Kier alpha value is -0.610. The quantitative estimate of drug-likeness (QED) is 0.619. The van der Waals surface area contributed by atoms with Gasteiger partial charge in [0.2, 0.25) is 5.91 Å². The first-order valence-corrected chi connectivity index (χ1v) is 5.67. The third-order valence-electron chi connectivity index (χ3n) is 3.14. The van der Waals surface area contributed by atoms with Crippen molar-refractivity contribution in [1.82, 2.24) is 5.32 Å². The van der Waals surface area contributed by atoms with E-state index >= 15 is 0 Å². The molecule has 0 aromatic heterocycles. The van der Waals surface area contributed by atoms with Gasteiger partial charge in [-0.1, -0.05) is 13.8 Å². The number of hydrogen-bond donors (Lipinski definition) is 3. The molecule has 1 aliphatic carbocycles. The van der Waals surface area contributed by atoms with Gasteiger partial charge in [-0.05, 0) is 25.2 Å².